The van der Waals surface area contributed by atoms with Crippen LogP contribution in [0.15, 0.2) is 43.0 Å². The maximum Gasteiger partial charge on any atom is 0.142 e. The smallest absolute Gasteiger partial charge is 0.142 e. The van der Waals surface area contributed by atoms with Gasteiger partial charge in [-0.05, 0) is 18.2 Å². The number of H-pyrrole nitrogens is 1. The molecule has 0 amide bonds. The Balaban J connectivity index is 2.00. The molecule has 0 bridgehead atoms. The zero-order valence-electron chi connectivity index (χ0n) is 11.7. The molecule has 0 atom stereocenters. The van der Waals surface area contributed by atoms with Crippen molar-refractivity contribution in [3.63, 3.8) is 0 Å². The van der Waals surface area contributed by atoms with Crippen LogP contribution in [0.25, 0.3) is 33.2 Å². The van der Waals surface area contributed by atoms with E-state index in [-0.39, 0.29) is 5.82 Å². The van der Waals surface area contributed by atoms with Crippen LogP contribution in [0.4, 0.5) is 4.39 Å². The predicted molar refractivity (Wildman–Crippen MR) is 81.1 cm³/mol. The number of aromatic nitrogens is 4. The quantitative estimate of drug-likeness (QED) is 0.616. The molecule has 0 aliphatic carbocycles. The van der Waals surface area contributed by atoms with Crippen molar-refractivity contribution < 1.29 is 9.13 Å². The second-order valence-electron chi connectivity index (χ2n) is 4.87. The van der Waals surface area contributed by atoms with E-state index in [1.165, 1.54) is 12.3 Å². The normalized spacial score (nSPS) is 11.2. The van der Waals surface area contributed by atoms with E-state index in [0.717, 1.165) is 21.9 Å². The van der Waals surface area contributed by atoms with Crippen molar-refractivity contribution in [2.75, 3.05) is 7.11 Å². The van der Waals surface area contributed by atoms with Gasteiger partial charge in [0.05, 0.1) is 36.3 Å². The Morgan fingerprint density at radius 1 is 1.09 bits per heavy atom. The molecular weight excluding hydrogens is 283 g/mol. The van der Waals surface area contributed by atoms with Crippen molar-refractivity contribution in [2.45, 2.75) is 0 Å². The molecule has 4 heterocycles. The molecule has 22 heavy (non-hydrogen) atoms. The first-order chi connectivity index (χ1) is 10.8. The molecule has 0 aliphatic heterocycles. The van der Waals surface area contributed by atoms with Crippen molar-refractivity contribution >= 4 is 21.9 Å². The van der Waals surface area contributed by atoms with Crippen LogP contribution >= 0.6 is 0 Å². The molecule has 108 valence electrons. The summed E-state index contributed by atoms with van der Waals surface area (Å²) in [5, 5.41) is 1.58. The van der Waals surface area contributed by atoms with Crippen LogP contribution in [0.2, 0.25) is 0 Å². The van der Waals surface area contributed by atoms with Crippen LogP contribution in [0.3, 0.4) is 0 Å². The highest BCUT2D eigenvalue weighted by Gasteiger charge is 2.11. The lowest BCUT2D eigenvalue weighted by Gasteiger charge is -2.06. The third kappa shape index (κ3) is 1.88. The van der Waals surface area contributed by atoms with Crippen LogP contribution < -0.4 is 4.74 Å². The Morgan fingerprint density at radius 2 is 2.00 bits per heavy atom. The lowest BCUT2D eigenvalue weighted by atomic mass is 10.1. The highest BCUT2D eigenvalue weighted by Crippen LogP contribution is 2.31. The maximum atomic E-state index is 13.5. The average molecular weight is 294 g/mol. The number of nitrogens with one attached hydrogen (secondary N) is 1. The molecule has 0 aromatic carbocycles. The van der Waals surface area contributed by atoms with Gasteiger partial charge in [0, 0.05) is 23.2 Å². The van der Waals surface area contributed by atoms with Gasteiger partial charge in [-0.3, -0.25) is 9.97 Å². The fraction of sp³-hybridized carbons (Fsp3) is 0.0625. The number of pyridine rings is 3. The predicted octanol–water partition coefficient (Wildman–Crippen LogP) is 3.32. The fourth-order valence-electron chi connectivity index (χ4n) is 2.55. The first-order valence-electron chi connectivity index (χ1n) is 6.67. The van der Waals surface area contributed by atoms with Gasteiger partial charge < -0.3 is 9.72 Å². The number of halogens is 1. The largest absolute Gasteiger partial charge is 0.496 e. The molecule has 0 aliphatic rings. The Labute approximate surface area is 124 Å². The number of hydrogen-bond donors (Lipinski definition) is 1. The Bertz CT molecular complexity index is 996. The number of ether oxygens (including phenoxy) is 1. The summed E-state index contributed by atoms with van der Waals surface area (Å²) in [5.41, 5.74) is 2.93. The maximum absolute atomic E-state index is 13.5. The minimum Gasteiger partial charge on any atom is -0.496 e. The lowest BCUT2D eigenvalue weighted by molar-refractivity contribution is 0.416. The number of hydrogen-bond acceptors (Lipinski definition) is 4. The molecule has 0 saturated heterocycles. The summed E-state index contributed by atoms with van der Waals surface area (Å²) in [7, 11) is 1.60. The van der Waals surface area contributed by atoms with E-state index < -0.39 is 0 Å². The zero-order chi connectivity index (χ0) is 15.1. The Kier molecular flexibility index (Phi) is 2.75. The minimum absolute atomic E-state index is 0.370. The lowest BCUT2D eigenvalue weighted by Crippen LogP contribution is -1.90. The van der Waals surface area contributed by atoms with E-state index in [2.05, 4.69) is 19.9 Å². The van der Waals surface area contributed by atoms with E-state index in [4.69, 9.17) is 4.74 Å². The van der Waals surface area contributed by atoms with Crippen LogP contribution in [0.1, 0.15) is 0 Å². The third-order valence-corrected chi connectivity index (χ3v) is 3.58. The van der Waals surface area contributed by atoms with E-state index in [1.807, 2.05) is 6.07 Å². The molecule has 5 nitrogen and oxygen atoms in total. The molecule has 6 heteroatoms. The summed E-state index contributed by atoms with van der Waals surface area (Å²) in [4.78, 5) is 15.7. The number of methoxy groups -OCH3 is 1. The summed E-state index contributed by atoms with van der Waals surface area (Å²) in [6.45, 7) is 0. The average Bonchev–Trinajstić information content (AvgIpc) is 2.92. The molecule has 0 radical (unpaired) electrons. The Hall–Kier alpha value is -3.02. The molecule has 4 rings (SSSR count). The highest BCUT2D eigenvalue weighted by molar-refractivity contribution is 6.06. The molecule has 0 fully saturated rings. The summed E-state index contributed by atoms with van der Waals surface area (Å²) in [6.07, 6.45) is 6.25. The molecule has 1 N–H and O–H groups in total. The topological polar surface area (TPSA) is 63.7 Å². The first kappa shape index (κ1) is 12.7. The monoisotopic (exact) mass is 294 g/mol. The van der Waals surface area contributed by atoms with Gasteiger partial charge >= 0.3 is 0 Å². The van der Waals surface area contributed by atoms with Crippen molar-refractivity contribution in [1.82, 2.24) is 19.9 Å². The number of rotatable bonds is 2. The SMILES string of the molecule is COc1ccncc1-c1cc2c(cn1)[nH]c1ncc(F)cc12. The van der Waals surface area contributed by atoms with E-state index in [1.54, 1.807) is 31.8 Å². The van der Waals surface area contributed by atoms with Gasteiger partial charge in [0.25, 0.3) is 0 Å². The first-order valence-corrected chi connectivity index (χ1v) is 6.67. The highest BCUT2D eigenvalue weighted by atomic mass is 19.1. The summed E-state index contributed by atoms with van der Waals surface area (Å²) in [6, 6.07) is 5.12. The molecule has 0 saturated carbocycles. The van der Waals surface area contributed by atoms with Crippen LogP contribution in [-0.2, 0) is 0 Å². The van der Waals surface area contributed by atoms with Crippen molar-refractivity contribution in [1.29, 1.82) is 0 Å². The van der Waals surface area contributed by atoms with Crippen LogP contribution in [-0.4, -0.2) is 27.0 Å². The van der Waals surface area contributed by atoms with E-state index in [0.29, 0.717) is 17.1 Å². The second kappa shape index (κ2) is 4.77. The van der Waals surface area contributed by atoms with Gasteiger partial charge in [0.1, 0.15) is 17.2 Å². The zero-order valence-corrected chi connectivity index (χ0v) is 11.7. The van der Waals surface area contributed by atoms with Gasteiger partial charge in [-0.1, -0.05) is 0 Å². The fourth-order valence-corrected chi connectivity index (χ4v) is 2.55. The number of nitrogens with zero attached hydrogens (tertiary/aromatic N) is 3. The van der Waals surface area contributed by atoms with Crippen LogP contribution in [0, 0.1) is 5.82 Å². The van der Waals surface area contributed by atoms with Gasteiger partial charge in [0.15, 0.2) is 0 Å². The van der Waals surface area contributed by atoms with Crippen LogP contribution in [0.5, 0.6) is 5.75 Å². The summed E-state index contributed by atoms with van der Waals surface area (Å²) in [5.74, 6) is 0.316. The molecule has 0 spiro atoms. The van der Waals surface area contributed by atoms with Crippen molar-refractivity contribution in [3.05, 3.63) is 48.8 Å². The standard InChI is InChI=1S/C16H11FN4O/c1-22-15-2-3-18-7-12(15)13-5-10-11-4-9(17)6-20-16(11)21-14(10)8-19-13/h2-8H,1H3,(H,20,21). The van der Waals surface area contributed by atoms with Gasteiger partial charge in [0.2, 0.25) is 0 Å². The van der Waals surface area contributed by atoms with Crippen molar-refractivity contribution in [2.24, 2.45) is 0 Å². The Morgan fingerprint density at radius 3 is 2.86 bits per heavy atom. The molecule has 4 aromatic rings. The number of fused-ring (bicyclic) bond motifs is 3. The van der Waals surface area contributed by atoms with Gasteiger partial charge in [-0.2, -0.15) is 0 Å². The summed E-state index contributed by atoms with van der Waals surface area (Å²) < 4.78 is 18.8. The van der Waals surface area contributed by atoms with E-state index in [9.17, 15) is 4.39 Å². The molecular formula is C16H11FN4O. The van der Waals surface area contributed by atoms with Gasteiger partial charge in [-0.15, -0.1) is 0 Å². The van der Waals surface area contributed by atoms with E-state index >= 15 is 0 Å². The third-order valence-electron chi connectivity index (χ3n) is 3.58. The van der Waals surface area contributed by atoms with Crippen molar-refractivity contribution in [3.8, 4) is 17.0 Å². The summed E-state index contributed by atoms with van der Waals surface area (Å²) >= 11 is 0. The number of aromatic amines is 1. The molecule has 0 unspecified atom stereocenters. The minimum atomic E-state index is -0.370. The van der Waals surface area contributed by atoms with Gasteiger partial charge in [-0.25, -0.2) is 9.37 Å². The molecule has 4 aromatic heterocycles. The second-order valence-corrected chi connectivity index (χ2v) is 4.87.